The molecule has 2 aliphatic rings. The van der Waals surface area contributed by atoms with E-state index in [-0.39, 0.29) is 34.3 Å². The van der Waals surface area contributed by atoms with E-state index in [9.17, 15) is 9.59 Å². The molecule has 2 atom stereocenters. The van der Waals surface area contributed by atoms with Gasteiger partial charge in [-0.2, -0.15) is 0 Å². The van der Waals surface area contributed by atoms with Crippen molar-refractivity contribution in [2.75, 3.05) is 26.6 Å². The Kier molecular flexibility index (Phi) is 8.03. The maximum Gasteiger partial charge on any atom is 0.254 e. The number of ether oxygens (including phenoxy) is 3. The summed E-state index contributed by atoms with van der Waals surface area (Å²) in [6, 6.07) is 16.8. The number of carbonyl (C=O) groups excluding carboxylic acids is 2. The van der Waals surface area contributed by atoms with Crippen LogP contribution in [0.1, 0.15) is 42.7 Å². The normalized spacial score (nSPS) is 18.4. The van der Waals surface area contributed by atoms with Crippen LogP contribution in [0.15, 0.2) is 83.2 Å². The Labute approximate surface area is 242 Å². The molecule has 0 fully saturated rings. The molecular weight excluding hydrogens is 547 g/mol. The minimum Gasteiger partial charge on any atom is -0.497 e. The number of benzene rings is 3. The van der Waals surface area contributed by atoms with Crippen molar-refractivity contribution < 1.29 is 28.2 Å². The second-order valence-electron chi connectivity index (χ2n) is 9.95. The number of nitrogens with one attached hydrogen (secondary N) is 2. The van der Waals surface area contributed by atoms with E-state index in [0.717, 1.165) is 5.56 Å². The fraction of sp³-hybridized carbons (Fsp3) is 0.250. The molecule has 3 aromatic carbocycles. The Morgan fingerprint density at radius 1 is 0.976 bits per heavy atom. The molecule has 0 unspecified atom stereocenters. The average Bonchev–Trinajstić information content (AvgIpc) is 2.96. The van der Waals surface area contributed by atoms with Gasteiger partial charge in [-0.05, 0) is 73.4 Å². The number of amides is 1. The summed E-state index contributed by atoms with van der Waals surface area (Å²) in [7, 11) is 4.68. The minimum absolute atomic E-state index is 0.0975. The molecule has 41 heavy (non-hydrogen) atoms. The van der Waals surface area contributed by atoms with Gasteiger partial charge < -0.3 is 24.8 Å². The summed E-state index contributed by atoms with van der Waals surface area (Å²) < 4.78 is 31.5. The fourth-order valence-electron chi connectivity index (χ4n) is 5.63. The summed E-state index contributed by atoms with van der Waals surface area (Å²) in [5, 5.41) is 6.33. The number of allylic oxidation sites excluding steroid dienone is 3. The van der Waals surface area contributed by atoms with E-state index in [1.807, 2.05) is 18.2 Å². The average molecular weight is 577 g/mol. The van der Waals surface area contributed by atoms with Crippen LogP contribution < -0.4 is 24.8 Å². The van der Waals surface area contributed by atoms with Crippen LogP contribution in [0.3, 0.4) is 0 Å². The van der Waals surface area contributed by atoms with E-state index in [4.69, 9.17) is 25.8 Å². The zero-order valence-electron chi connectivity index (χ0n) is 23.1. The zero-order valence-corrected chi connectivity index (χ0v) is 23.9. The number of anilines is 1. The predicted octanol–water partition coefficient (Wildman–Crippen LogP) is 6.51. The molecule has 1 aliphatic carbocycles. The third kappa shape index (κ3) is 5.39. The van der Waals surface area contributed by atoms with E-state index >= 15 is 4.39 Å². The number of Topliss-reactive ketones (excluding diaryl/α,β-unsaturated/α-hetero) is 1. The standard InChI is InChI=1S/C32H30ClFN2O5/c1-17-28(32(38)36-20-9-11-21(39-2)12-10-20)31(29-22(33)6-5-7-23(29)34)30-24(35-17)14-19(15-25(30)37)18-8-13-26(40-3)27(16-18)41-4/h5-13,16,19,31,35H,14-15H2,1-4H3,(H,36,38)/t19-,31+/m0/s1. The molecule has 0 aromatic heterocycles. The molecule has 212 valence electrons. The summed E-state index contributed by atoms with van der Waals surface area (Å²) in [6.07, 6.45) is 0.648. The highest BCUT2D eigenvalue weighted by atomic mass is 35.5. The van der Waals surface area contributed by atoms with Gasteiger partial charge in [-0.25, -0.2) is 4.39 Å². The topological polar surface area (TPSA) is 85.9 Å². The highest BCUT2D eigenvalue weighted by Crippen LogP contribution is 2.48. The zero-order chi connectivity index (χ0) is 29.3. The number of rotatable bonds is 7. The first kappa shape index (κ1) is 28.2. The lowest BCUT2D eigenvalue weighted by Crippen LogP contribution is -2.37. The molecule has 1 heterocycles. The summed E-state index contributed by atoms with van der Waals surface area (Å²) in [6.45, 7) is 1.75. The lowest BCUT2D eigenvalue weighted by atomic mass is 9.71. The summed E-state index contributed by atoms with van der Waals surface area (Å²) in [4.78, 5) is 27.7. The van der Waals surface area contributed by atoms with Crippen LogP contribution in [0.5, 0.6) is 17.2 Å². The summed E-state index contributed by atoms with van der Waals surface area (Å²) >= 11 is 6.55. The van der Waals surface area contributed by atoms with Crippen molar-refractivity contribution in [3.8, 4) is 17.2 Å². The van der Waals surface area contributed by atoms with Gasteiger partial charge in [0.15, 0.2) is 17.3 Å². The highest BCUT2D eigenvalue weighted by molar-refractivity contribution is 6.31. The van der Waals surface area contributed by atoms with Crippen LogP contribution in [0.25, 0.3) is 0 Å². The van der Waals surface area contributed by atoms with Crippen molar-refractivity contribution in [2.45, 2.75) is 31.6 Å². The fourth-order valence-corrected chi connectivity index (χ4v) is 5.90. The van der Waals surface area contributed by atoms with Gasteiger partial charge in [0.1, 0.15) is 11.6 Å². The molecule has 1 amide bonds. The first-order chi connectivity index (χ1) is 19.7. The van der Waals surface area contributed by atoms with Gasteiger partial charge >= 0.3 is 0 Å². The van der Waals surface area contributed by atoms with Crippen LogP contribution in [-0.4, -0.2) is 33.0 Å². The molecule has 0 saturated carbocycles. The van der Waals surface area contributed by atoms with E-state index in [0.29, 0.717) is 46.3 Å². The molecule has 5 rings (SSSR count). The largest absolute Gasteiger partial charge is 0.497 e. The van der Waals surface area contributed by atoms with Crippen molar-refractivity contribution >= 4 is 29.0 Å². The Morgan fingerprint density at radius 2 is 1.71 bits per heavy atom. The molecule has 1 aliphatic heterocycles. The van der Waals surface area contributed by atoms with Gasteiger partial charge in [0, 0.05) is 45.2 Å². The van der Waals surface area contributed by atoms with Crippen LogP contribution in [0.2, 0.25) is 5.02 Å². The SMILES string of the molecule is COc1ccc(NC(=O)C2=C(C)NC3=C(C(=O)C[C@@H](c4ccc(OC)c(OC)c4)C3)[C@H]2c2c(F)cccc2Cl)cc1. The van der Waals surface area contributed by atoms with Crippen LogP contribution in [0, 0.1) is 5.82 Å². The van der Waals surface area contributed by atoms with E-state index < -0.39 is 17.6 Å². The smallest absolute Gasteiger partial charge is 0.254 e. The van der Waals surface area contributed by atoms with E-state index in [1.165, 1.54) is 12.1 Å². The van der Waals surface area contributed by atoms with Crippen LogP contribution >= 0.6 is 11.6 Å². The molecule has 0 bridgehead atoms. The van der Waals surface area contributed by atoms with Gasteiger partial charge in [0.05, 0.1) is 27.2 Å². The van der Waals surface area contributed by atoms with Crippen molar-refractivity contribution in [2.24, 2.45) is 0 Å². The maximum absolute atomic E-state index is 15.5. The summed E-state index contributed by atoms with van der Waals surface area (Å²) in [5.41, 5.74) is 3.26. The molecule has 3 aromatic rings. The van der Waals surface area contributed by atoms with Gasteiger partial charge in [0.2, 0.25) is 0 Å². The molecular formula is C32H30ClFN2O5. The molecule has 0 radical (unpaired) electrons. The Balaban J connectivity index is 1.56. The van der Waals surface area contributed by atoms with Crippen LogP contribution in [-0.2, 0) is 9.59 Å². The number of carbonyl (C=O) groups is 2. The third-order valence-electron chi connectivity index (χ3n) is 7.59. The van der Waals surface area contributed by atoms with Crippen molar-refractivity contribution in [1.29, 1.82) is 0 Å². The number of methoxy groups -OCH3 is 3. The number of dihydropyridines is 1. The predicted molar refractivity (Wildman–Crippen MR) is 155 cm³/mol. The number of hydrogen-bond donors (Lipinski definition) is 2. The van der Waals surface area contributed by atoms with Gasteiger partial charge in [-0.15, -0.1) is 0 Å². The number of ketones is 1. The molecule has 9 heteroatoms. The second kappa shape index (κ2) is 11.7. The van der Waals surface area contributed by atoms with Crippen LogP contribution in [0.4, 0.5) is 10.1 Å². The Morgan fingerprint density at radius 3 is 2.37 bits per heavy atom. The first-order valence-corrected chi connectivity index (χ1v) is 13.5. The maximum atomic E-state index is 15.5. The third-order valence-corrected chi connectivity index (χ3v) is 7.92. The van der Waals surface area contributed by atoms with E-state index in [2.05, 4.69) is 10.6 Å². The van der Waals surface area contributed by atoms with Gasteiger partial charge in [-0.3, -0.25) is 9.59 Å². The van der Waals surface area contributed by atoms with Gasteiger partial charge in [0.25, 0.3) is 5.91 Å². The van der Waals surface area contributed by atoms with Crippen molar-refractivity contribution in [3.05, 3.63) is 105 Å². The van der Waals surface area contributed by atoms with E-state index in [1.54, 1.807) is 58.6 Å². The minimum atomic E-state index is -0.989. The lowest BCUT2D eigenvalue weighted by Gasteiger charge is -2.37. The Bertz CT molecular complexity index is 1560. The lowest BCUT2D eigenvalue weighted by molar-refractivity contribution is -0.116. The van der Waals surface area contributed by atoms with Gasteiger partial charge in [-0.1, -0.05) is 23.7 Å². The molecule has 7 nitrogen and oxygen atoms in total. The number of hydrogen-bond acceptors (Lipinski definition) is 6. The van der Waals surface area contributed by atoms with Crippen molar-refractivity contribution in [1.82, 2.24) is 5.32 Å². The number of halogens is 2. The quantitative estimate of drug-likeness (QED) is 0.334. The first-order valence-electron chi connectivity index (χ1n) is 13.1. The summed E-state index contributed by atoms with van der Waals surface area (Å²) in [5.74, 6) is -0.595. The Hall–Kier alpha value is -4.30. The monoisotopic (exact) mass is 576 g/mol. The highest BCUT2D eigenvalue weighted by Gasteiger charge is 2.42. The molecule has 0 saturated heterocycles. The van der Waals surface area contributed by atoms with Crippen molar-refractivity contribution in [3.63, 3.8) is 0 Å². The molecule has 0 spiro atoms. The molecule has 2 N–H and O–H groups in total. The second-order valence-corrected chi connectivity index (χ2v) is 10.4.